The van der Waals surface area contributed by atoms with Crippen molar-refractivity contribution in [3.8, 4) is 11.5 Å². The molecule has 0 atom stereocenters. The third-order valence-corrected chi connectivity index (χ3v) is 5.02. The van der Waals surface area contributed by atoms with E-state index in [9.17, 15) is 0 Å². The first-order chi connectivity index (χ1) is 12.6. The fraction of sp³-hybridized carbons (Fsp3) is 0.136. The standard InChI is InChI=1S/C22H19ClN2O/c1-15-10-19(11-16(2)22(15)23)26-18-7-5-6-17(12-18)13-25-14-24-20-8-3-4-9-21(20)25/h3-12,14H,13H2,1-2H3. The summed E-state index contributed by atoms with van der Waals surface area (Å²) in [5, 5.41) is 0.790. The number of benzene rings is 3. The summed E-state index contributed by atoms with van der Waals surface area (Å²) < 4.78 is 8.20. The van der Waals surface area contributed by atoms with Gasteiger partial charge >= 0.3 is 0 Å². The molecule has 0 aliphatic heterocycles. The van der Waals surface area contributed by atoms with Crippen molar-refractivity contribution in [2.24, 2.45) is 0 Å². The van der Waals surface area contributed by atoms with Crippen LogP contribution in [0.3, 0.4) is 0 Å². The fourth-order valence-electron chi connectivity index (χ4n) is 3.14. The molecule has 0 bridgehead atoms. The van der Waals surface area contributed by atoms with E-state index in [2.05, 4.69) is 27.8 Å². The lowest BCUT2D eigenvalue weighted by Gasteiger charge is -2.11. The molecule has 4 rings (SSSR count). The van der Waals surface area contributed by atoms with Crippen molar-refractivity contribution in [3.63, 3.8) is 0 Å². The van der Waals surface area contributed by atoms with Crippen molar-refractivity contribution in [2.45, 2.75) is 20.4 Å². The van der Waals surface area contributed by atoms with Crippen molar-refractivity contribution in [2.75, 3.05) is 0 Å². The van der Waals surface area contributed by atoms with Crippen LogP contribution >= 0.6 is 11.6 Å². The summed E-state index contributed by atoms with van der Waals surface area (Å²) >= 11 is 6.24. The highest BCUT2D eigenvalue weighted by atomic mass is 35.5. The van der Waals surface area contributed by atoms with Crippen LogP contribution in [0.1, 0.15) is 16.7 Å². The van der Waals surface area contributed by atoms with E-state index in [4.69, 9.17) is 16.3 Å². The SMILES string of the molecule is Cc1cc(Oc2cccc(Cn3cnc4ccccc43)c2)cc(C)c1Cl. The number of para-hydroxylation sites is 2. The van der Waals surface area contributed by atoms with Crippen LogP contribution in [0.2, 0.25) is 5.02 Å². The van der Waals surface area contributed by atoms with Crippen molar-refractivity contribution in [1.82, 2.24) is 9.55 Å². The molecule has 0 radical (unpaired) electrons. The van der Waals surface area contributed by atoms with Gasteiger partial charge in [0.25, 0.3) is 0 Å². The molecule has 26 heavy (non-hydrogen) atoms. The van der Waals surface area contributed by atoms with Gasteiger partial charge in [-0.2, -0.15) is 0 Å². The molecule has 0 spiro atoms. The Hall–Kier alpha value is -2.78. The molecule has 0 N–H and O–H groups in total. The van der Waals surface area contributed by atoms with Gasteiger partial charge in [-0.25, -0.2) is 4.98 Å². The highest BCUT2D eigenvalue weighted by molar-refractivity contribution is 6.32. The molecule has 0 saturated carbocycles. The van der Waals surface area contributed by atoms with Crippen LogP contribution in [0.4, 0.5) is 0 Å². The molecule has 1 aromatic heterocycles. The van der Waals surface area contributed by atoms with Gasteiger partial charge in [0.05, 0.1) is 17.4 Å². The van der Waals surface area contributed by atoms with Crippen LogP contribution < -0.4 is 4.74 Å². The number of nitrogens with zero attached hydrogens (tertiary/aromatic N) is 2. The van der Waals surface area contributed by atoms with E-state index in [1.165, 1.54) is 0 Å². The molecule has 3 nitrogen and oxygen atoms in total. The molecule has 4 aromatic rings. The van der Waals surface area contributed by atoms with Gasteiger partial charge in [-0.15, -0.1) is 0 Å². The van der Waals surface area contributed by atoms with E-state index in [0.29, 0.717) is 0 Å². The minimum Gasteiger partial charge on any atom is -0.457 e. The normalized spacial score (nSPS) is 11.0. The number of imidazole rings is 1. The van der Waals surface area contributed by atoms with E-state index in [-0.39, 0.29) is 0 Å². The second-order valence-electron chi connectivity index (χ2n) is 6.48. The monoisotopic (exact) mass is 362 g/mol. The molecule has 1 heterocycles. The summed E-state index contributed by atoms with van der Waals surface area (Å²) in [7, 11) is 0. The van der Waals surface area contributed by atoms with Crippen LogP contribution in [-0.2, 0) is 6.54 Å². The first kappa shape index (κ1) is 16.7. The second-order valence-corrected chi connectivity index (χ2v) is 6.86. The minimum absolute atomic E-state index is 0.746. The highest BCUT2D eigenvalue weighted by Gasteiger charge is 2.07. The highest BCUT2D eigenvalue weighted by Crippen LogP contribution is 2.29. The van der Waals surface area contributed by atoms with E-state index >= 15 is 0 Å². The van der Waals surface area contributed by atoms with Gasteiger partial charge in [0.1, 0.15) is 11.5 Å². The number of hydrogen-bond acceptors (Lipinski definition) is 2. The maximum atomic E-state index is 6.24. The maximum Gasteiger partial charge on any atom is 0.128 e. The largest absolute Gasteiger partial charge is 0.457 e. The lowest BCUT2D eigenvalue weighted by molar-refractivity contribution is 0.481. The lowest BCUT2D eigenvalue weighted by atomic mass is 10.1. The Balaban J connectivity index is 1.59. The summed E-state index contributed by atoms with van der Waals surface area (Å²) in [6, 6.07) is 20.2. The first-order valence-electron chi connectivity index (χ1n) is 8.53. The third kappa shape index (κ3) is 3.31. The Kier molecular flexibility index (Phi) is 4.39. The summed E-state index contributed by atoms with van der Waals surface area (Å²) in [6.45, 7) is 4.72. The topological polar surface area (TPSA) is 27.1 Å². The number of aryl methyl sites for hydroxylation is 2. The van der Waals surface area contributed by atoms with E-state index in [1.807, 2.05) is 62.6 Å². The van der Waals surface area contributed by atoms with Crippen molar-refractivity contribution < 1.29 is 4.74 Å². The number of halogens is 1. The van der Waals surface area contributed by atoms with E-state index in [1.54, 1.807) is 0 Å². The summed E-state index contributed by atoms with van der Waals surface area (Å²) in [4.78, 5) is 4.45. The molecule has 3 aromatic carbocycles. The molecular formula is C22H19ClN2O. The summed E-state index contributed by atoms with van der Waals surface area (Å²) in [6.07, 6.45) is 1.88. The molecule has 130 valence electrons. The van der Waals surface area contributed by atoms with Gasteiger partial charge in [0, 0.05) is 11.6 Å². The number of aromatic nitrogens is 2. The number of hydrogen-bond donors (Lipinski definition) is 0. The Morgan fingerprint density at radius 1 is 0.923 bits per heavy atom. The molecular weight excluding hydrogens is 344 g/mol. The molecule has 0 aliphatic rings. The minimum atomic E-state index is 0.746. The smallest absolute Gasteiger partial charge is 0.128 e. The van der Waals surface area contributed by atoms with Crippen LogP contribution in [0.25, 0.3) is 11.0 Å². The summed E-state index contributed by atoms with van der Waals surface area (Å²) in [5.74, 6) is 1.61. The second kappa shape index (κ2) is 6.85. The zero-order valence-corrected chi connectivity index (χ0v) is 15.5. The Labute approximate surface area is 157 Å². The van der Waals surface area contributed by atoms with E-state index < -0.39 is 0 Å². The lowest BCUT2D eigenvalue weighted by Crippen LogP contribution is -1.98. The number of ether oxygens (including phenoxy) is 1. The van der Waals surface area contributed by atoms with Crippen LogP contribution in [-0.4, -0.2) is 9.55 Å². The van der Waals surface area contributed by atoms with Gasteiger partial charge in [-0.05, 0) is 66.9 Å². The Morgan fingerprint density at radius 2 is 1.69 bits per heavy atom. The van der Waals surface area contributed by atoms with Crippen molar-refractivity contribution in [1.29, 1.82) is 0 Å². The average molecular weight is 363 g/mol. The Morgan fingerprint density at radius 3 is 2.50 bits per heavy atom. The fourth-order valence-corrected chi connectivity index (χ4v) is 3.25. The Bertz CT molecular complexity index is 1060. The predicted molar refractivity (Wildman–Crippen MR) is 106 cm³/mol. The number of fused-ring (bicyclic) bond motifs is 1. The maximum absolute atomic E-state index is 6.24. The molecule has 0 amide bonds. The van der Waals surface area contributed by atoms with Gasteiger partial charge in [0.2, 0.25) is 0 Å². The van der Waals surface area contributed by atoms with Gasteiger partial charge in [0.15, 0.2) is 0 Å². The van der Waals surface area contributed by atoms with Crippen LogP contribution in [0.15, 0.2) is 67.0 Å². The summed E-state index contributed by atoms with van der Waals surface area (Å²) in [5.41, 5.74) is 5.33. The molecule has 0 saturated heterocycles. The molecule has 0 fully saturated rings. The van der Waals surface area contributed by atoms with Crippen molar-refractivity contribution in [3.05, 3.63) is 88.7 Å². The zero-order valence-electron chi connectivity index (χ0n) is 14.7. The van der Waals surface area contributed by atoms with Gasteiger partial charge in [-0.3, -0.25) is 0 Å². The average Bonchev–Trinajstić information content (AvgIpc) is 3.03. The first-order valence-corrected chi connectivity index (χ1v) is 8.91. The van der Waals surface area contributed by atoms with Crippen molar-refractivity contribution >= 4 is 22.6 Å². The third-order valence-electron chi connectivity index (χ3n) is 4.42. The quantitative estimate of drug-likeness (QED) is 0.435. The van der Waals surface area contributed by atoms with Crippen LogP contribution in [0.5, 0.6) is 11.5 Å². The van der Waals surface area contributed by atoms with Gasteiger partial charge < -0.3 is 9.30 Å². The van der Waals surface area contributed by atoms with Crippen LogP contribution in [0, 0.1) is 13.8 Å². The van der Waals surface area contributed by atoms with Gasteiger partial charge in [-0.1, -0.05) is 35.9 Å². The molecule has 0 unspecified atom stereocenters. The number of rotatable bonds is 4. The molecule has 4 heteroatoms. The molecule has 0 aliphatic carbocycles. The van der Waals surface area contributed by atoms with E-state index in [0.717, 1.165) is 50.8 Å². The zero-order chi connectivity index (χ0) is 18.1. The predicted octanol–water partition coefficient (Wildman–Crippen LogP) is 6.15.